The van der Waals surface area contributed by atoms with E-state index in [1.54, 1.807) is 48.5 Å². The lowest BCUT2D eigenvalue weighted by Crippen LogP contribution is -2.06. The zero-order valence-corrected chi connectivity index (χ0v) is 14.3. The highest BCUT2D eigenvalue weighted by atomic mass is 35.5. The third kappa shape index (κ3) is 3.80. The van der Waals surface area contributed by atoms with Crippen molar-refractivity contribution >= 4 is 34.4 Å². The number of hydrogen-bond donors (Lipinski definition) is 2. The number of rotatable bonds is 4. The van der Waals surface area contributed by atoms with Crippen molar-refractivity contribution in [1.82, 2.24) is 0 Å². The third-order valence-electron chi connectivity index (χ3n) is 3.83. The molecule has 126 valence electrons. The summed E-state index contributed by atoms with van der Waals surface area (Å²) < 4.78 is 13.3. The molecular formula is C20H16ClFN2O. The van der Waals surface area contributed by atoms with Gasteiger partial charge in [-0.3, -0.25) is 4.79 Å². The van der Waals surface area contributed by atoms with Crippen LogP contribution in [0.4, 0.5) is 21.5 Å². The maximum atomic E-state index is 13.3. The summed E-state index contributed by atoms with van der Waals surface area (Å²) in [5.41, 5.74) is 9.30. The molecule has 25 heavy (non-hydrogen) atoms. The van der Waals surface area contributed by atoms with Gasteiger partial charge in [-0.2, -0.15) is 0 Å². The van der Waals surface area contributed by atoms with Crippen LogP contribution in [0.15, 0.2) is 60.7 Å². The fraction of sp³-hybridized carbons (Fsp3) is 0.0500. The van der Waals surface area contributed by atoms with Crippen LogP contribution in [0.5, 0.6) is 0 Å². The lowest BCUT2D eigenvalue weighted by Gasteiger charge is -2.11. The van der Waals surface area contributed by atoms with Gasteiger partial charge in [-0.25, -0.2) is 4.39 Å². The van der Waals surface area contributed by atoms with E-state index in [1.807, 2.05) is 6.92 Å². The first-order valence-electron chi connectivity index (χ1n) is 7.67. The van der Waals surface area contributed by atoms with Crippen LogP contribution in [0.1, 0.15) is 21.5 Å². The lowest BCUT2D eigenvalue weighted by atomic mass is 9.98. The third-order valence-corrected chi connectivity index (χ3v) is 4.15. The number of carbonyl (C=O) groups is 1. The van der Waals surface area contributed by atoms with Crippen molar-refractivity contribution in [2.24, 2.45) is 0 Å². The molecule has 0 radical (unpaired) electrons. The summed E-state index contributed by atoms with van der Waals surface area (Å²) in [6, 6.07) is 16.3. The van der Waals surface area contributed by atoms with Crippen LogP contribution < -0.4 is 11.1 Å². The molecule has 3 aromatic rings. The number of carbonyl (C=O) groups excluding carboxylic acids is 1. The minimum absolute atomic E-state index is 0.188. The van der Waals surface area contributed by atoms with Crippen molar-refractivity contribution in [2.75, 3.05) is 11.1 Å². The molecule has 3 aromatic carbocycles. The number of hydrogen-bond acceptors (Lipinski definition) is 3. The number of benzene rings is 3. The van der Waals surface area contributed by atoms with Gasteiger partial charge in [0.15, 0.2) is 5.78 Å². The van der Waals surface area contributed by atoms with E-state index in [0.29, 0.717) is 33.2 Å². The number of nitrogen functional groups attached to an aromatic ring is 1. The van der Waals surface area contributed by atoms with Gasteiger partial charge in [0.05, 0.1) is 5.02 Å². The summed E-state index contributed by atoms with van der Waals surface area (Å²) in [6.07, 6.45) is 0. The first-order valence-corrected chi connectivity index (χ1v) is 8.05. The number of anilines is 3. The Morgan fingerprint density at radius 2 is 1.76 bits per heavy atom. The molecule has 0 bridgehead atoms. The van der Waals surface area contributed by atoms with Crippen LogP contribution in [0.25, 0.3) is 0 Å². The van der Waals surface area contributed by atoms with Crippen LogP contribution in [-0.4, -0.2) is 5.78 Å². The number of nitrogens with one attached hydrogen (secondary N) is 1. The van der Waals surface area contributed by atoms with Crippen LogP contribution in [-0.2, 0) is 0 Å². The van der Waals surface area contributed by atoms with Crippen molar-refractivity contribution in [3.05, 3.63) is 88.2 Å². The Morgan fingerprint density at radius 1 is 1.00 bits per heavy atom. The van der Waals surface area contributed by atoms with E-state index < -0.39 is 0 Å². The van der Waals surface area contributed by atoms with Gasteiger partial charge in [0.1, 0.15) is 5.82 Å². The number of halogens is 2. The molecule has 0 saturated carbocycles. The summed E-state index contributed by atoms with van der Waals surface area (Å²) in [7, 11) is 0. The standard InChI is InChI=1S/C20H16ClFN2O/c1-12-5-6-14(23)10-18(12)20(25)17-8-7-16(11-19(17)21)24-15-4-2-3-13(22)9-15/h2-11,24H,23H2,1H3. The van der Waals surface area contributed by atoms with Gasteiger partial charge in [0, 0.05) is 28.2 Å². The number of ketones is 1. The molecule has 5 heteroatoms. The first kappa shape index (κ1) is 17.0. The predicted molar refractivity (Wildman–Crippen MR) is 100 cm³/mol. The molecule has 0 aliphatic rings. The highest BCUT2D eigenvalue weighted by Gasteiger charge is 2.16. The summed E-state index contributed by atoms with van der Waals surface area (Å²) in [5.74, 6) is -0.521. The summed E-state index contributed by atoms with van der Waals surface area (Å²) in [5, 5.41) is 3.37. The highest BCUT2D eigenvalue weighted by molar-refractivity contribution is 6.35. The second-order valence-corrected chi connectivity index (χ2v) is 6.14. The molecule has 3 rings (SSSR count). The average Bonchev–Trinajstić information content (AvgIpc) is 2.57. The molecule has 0 atom stereocenters. The first-order chi connectivity index (χ1) is 11.9. The molecule has 0 aromatic heterocycles. The maximum absolute atomic E-state index is 13.3. The topological polar surface area (TPSA) is 55.1 Å². The van der Waals surface area contributed by atoms with E-state index >= 15 is 0 Å². The van der Waals surface area contributed by atoms with Crippen molar-refractivity contribution in [3.63, 3.8) is 0 Å². The van der Waals surface area contributed by atoms with Crippen molar-refractivity contribution in [3.8, 4) is 0 Å². The minimum Gasteiger partial charge on any atom is -0.399 e. The Balaban J connectivity index is 1.89. The average molecular weight is 355 g/mol. The molecule has 0 aliphatic heterocycles. The van der Waals surface area contributed by atoms with E-state index in [1.165, 1.54) is 12.1 Å². The smallest absolute Gasteiger partial charge is 0.194 e. The van der Waals surface area contributed by atoms with Gasteiger partial charge in [0.25, 0.3) is 0 Å². The predicted octanol–water partition coefficient (Wildman–Crippen LogP) is 5.34. The second-order valence-electron chi connectivity index (χ2n) is 5.73. The highest BCUT2D eigenvalue weighted by Crippen LogP contribution is 2.27. The molecular weight excluding hydrogens is 339 g/mol. The van der Waals surface area contributed by atoms with Crippen LogP contribution in [0.2, 0.25) is 5.02 Å². The molecule has 0 spiro atoms. The Kier molecular flexibility index (Phi) is 4.72. The molecule has 0 fully saturated rings. The lowest BCUT2D eigenvalue weighted by molar-refractivity contribution is 0.103. The Hall–Kier alpha value is -2.85. The monoisotopic (exact) mass is 354 g/mol. The summed E-state index contributed by atoms with van der Waals surface area (Å²) in [6.45, 7) is 1.85. The van der Waals surface area contributed by atoms with Crippen LogP contribution >= 0.6 is 11.6 Å². The quantitative estimate of drug-likeness (QED) is 0.491. The molecule has 0 saturated heterocycles. The van der Waals surface area contributed by atoms with E-state index in [2.05, 4.69) is 5.32 Å². The SMILES string of the molecule is Cc1ccc(N)cc1C(=O)c1ccc(Nc2cccc(F)c2)cc1Cl. The van der Waals surface area contributed by atoms with Gasteiger partial charge in [-0.15, -0.1) is 0 Å². The number of aryl methyl sites for hydroxylation is 1. The minimum atomic E-state index is -0.333. The molecule has 0 aliphatic carbocycles. The molecule has 0 amide bonds. The Bertz CT molecular complexity index is 956. The van der Waals surface area contributed by atoms with Gasteiger partial charge >= 0.3 is 0 Å². The Morgan fingerprint density at radius 3 is 2.48 bits per heavy atom. The van der Waals surface area contributed by atoms with E-state index in [-0.39, 0.29) is 11.6 Å². The molecule has 3 N–H and O–H groups in total. The normalized spacial score (nSPS) is 10.5. The zero-order chi connectivity index (χ0) is 18.0. The second kappa shape index (κ2) is 6.95. The van der Waals surface area contributed by atoms with Crippen LogP contribution in [0.3, 0.4) is 0 Å². The Labute approximate surface area is 150 Å². The number of nitrogens with two attached hydrogens (primary N) is 1. The van der Waals surface area contributed by atoms with Crippen molar-refractivity contribution in [1.29, 1.82) is 0 Å². The zero-order valence-electron chi connectivity index (χ0n) is 13.5. The summed E-state index contributed by atoms with van der Waals surface area (Å²) in [4.78, 5) is 12.7. The van der Waals surface area contributed by atoms with Gasteiger partial charge in [-0.05, 0) is 61.0 Å². The molecule has 0 unspecified atom stereocenters. The van der Waals surface area contributed by atoms with E-state index in [9.17, 15) is 9.18 Å². The fourth-order valence-electron chi connectivity index (χ4n) is 2.54. The van der Waals surface area contributed by atoms with Gasteiger partial charge in [-0.1, -0.05) is 23.7 Å². The maximum Gasteiger partial charge on any atom is 0.194 e. The van der Waals surface area contributed by atoms with Crippen LogP contribution in [0, 0.1) is 12.7 Å². The van der Waals surface area contributed by atoms with Crippen molar-refractivity contribution in [2.45, 2.75) is 6.92 Å². The largest absolute Gasteiger partial charge is 0.399 e. The van der Waals surface area contributed by atoms with Gasteiger partial charge in [0.2, 0.25) is 0 Å². The van der Waals surface area contributed by atoms with Gasteiger partial charge < -0.3 is 11.1 Å². The van der Waals surface area contributed by atoms with Crippen molar-refractivity contribution < 1.29 is 9.18 Å². The summed E-state index contributed by atoms with van der Waals surface area (Å²) >= 11 is 6.30. The molecule has 0 heterocycles. The van der Waals surface area contributed by atoms with E-state index in [0.717, 1.165) is 5.56 Å². The molecule has 3 nitrogen and oxygen atoms in total. The fourth-order valence-corrected chi connectivity index (χ4v) is 2.81. The van der Waals surface area contributed by atoms with E-state index in [4.69, 9.17) is 17.3 Å².